The standard InChI is InChI=1S/C12H22N4O2S2/c1-5-16(6-2)20(17,18)11-8-7-10(19-11)9-14-12(13)15(3)4/h7-8H,5-6,9H2,1-4H3,(H2,13,14). The monoisotopic (exact) mass is 318 g/mol. The van der Waals surface area contributed by atoms with Crippen LogP contribution in [0.15, 0.2) is 21.3 Å². The molecule has 1 rings (SSSR count). The van der Waals surface area contributed by atoms with Crippen LogP contribution in [0.1, 0.15) is 18.7 Å². The molecule has 0 aliphatic carbocycles. The molecule has 0 unspecified atom stereocenters. The van der Waals surface area contributed by atoms with Gasteiger partial charge in [0.1, 0.15) is 4.21 Å². The SMILES string of the molecule is CCN(CC)S(=O)(=O)c1ccc(CN=C(N)N(C)C)s1. The molecule has 0 aliphatic rings. The Kier molecular flexibility index (Phi) is 5.97. The minimum atomic E-state index is -3.37. The molecule has 0 spiro atoms. The van der Waals surface area contributed by atoms with Crippen LogP contribution in [0.25, 0.3) is 0 Å². The minimum Gasteiger partial charge on any atom is -0.370 e. The Hall–Kier alpha value is -1.12. The predicted molar refractivity (Wildman–Crippen MR) is 83.4 cm³/mol. The van der Waals surface area contributed by atoms with E-state index in [-0.39, 0.29) is 0 Å². The fourth-order valence-corrected chi connectivity index (χ4v) is 4.47. The number of nitrogens with zero attached hydrogens (tertiary/aromatic N) is 3. The van der Waals surface area contributed by atoms with E-state index < -0.39 is 10.0 Å². The summed E-state index contributed by atoms with van der Waals surface area (Å²) in [5, 5.41) is 0. The van der Waals surface area contributed by atoms with Crippen LogP contribution >= 0.6 is 11.3 Å². The van der Waals surface area contributed by atoms with Crippen LogP contribution in [-0.2, 0) is 16.6 Å². The van der Waals surface area contributed by atoms with Gasteiger partial charge in [-0.3, -0.25) is 0 Å². The second-order valence-corrected chi connectivity index (χ2v) is 7.71. The number of guanidine groups is 1. The molecule has 1 aromatic heterocycles. The molecule has 0 atom stereocenters. The third kappa shape index (κ3) is 3.94. The third-order valence-corrected chi connectivity index (χ3v) is 6.38. The highest BCUT2D eigenvalue weighted by Gasteiger charge is 2.23. The van der Waals surface area contributed by atoms with Crippen LogP contribution in [-0.4, -0.2) is 50.8 Å². The van der Waals surface area contributed by atoms with Crippen molar-refractivity contribution >= 4 is 27.3 Å². The van der Waals surface area contributed by atoms with E-state index in [2.05, 4.69) is 4.99 Å². The number of thiophene rings is 1. The van der Waals surface area contributed by atoms with E-state index in [0.29, 0.717) is 29.8 Å². The van der Waals surface area contributed by atoms with E-state index in [1.54, 1.807) is 17.0 Å². The van der Waals surface area contributed by atoms with Gasteiger partial charge in [-0.25, -0.2) is 13.4 Å². The van der Waals surface area contributed by atoms with E-state index in [9.17, 15) is 8.42 Å². The fourth-order valence-electron chi connectivity index (χ4n) is 1.57. The Labute approximate surface area is 125 Å². The molecule has 0 fully saturated rings. The average Bonchev–Trinajstić information content (AvgIpc) is 2.86. The number of nitrogens with two attached hydrogens (primary N) is 1. The summed E-state index contributed by atoms with van der Waals surface area (Å²) < 4.78 is 26.4. The van der Waals surface area contributed by atoms with Crippen LogP contribution in [0.5, 0.6) is 0 Å². The Bertz CT molecular complexity index is 560. The van der Waals surface area contributed by atoms with Crippen molar-refractivity contribution in [1.29, 1.82) is 0 Å². The van der Waals surface area contributed by atoms with Gasteiger partial charge in [0, 0.05) is 32.1 Å². The summed E-state index contributed by atoms with van der Waals surface area (Å²) in [6, 6.07) is 3.42. The van der Waals surface area contributed by atoms with Crippen LogP contribution in [0, 0.1) is 0 Å². The Balaban J connectivity index is 2.90. The summed E-state index contributed by atoms with van der Waals surface area (Å²) >= 11 is 1.24. The number of rotatable bonds is 6. The van der Waals surface area contributed by atoms with Crippen molar-refractivity contribution in [3.63, 3.8) is 0 Å². The number of sulfonamides is 1. The lowest BCUT2D eigenvalue weighted by Crippen LogP contribution is -2.30. The molecule has 0 amide bonds. The van der Waals surface area contributed by atoms with Crippen LogP contribution in [0.2, 0.25) is 0 Å². The highest BCUT2D eigenvalue weighted by atomic mass is 32.2. The highest BCUT2D eigenvalue weighted by molar-refractivity contribution is 7.91. The zero-order valence-electron chi connectivity index (χ0n) is 12.3. The summed E-state index contributed by atoms with van der Waals surface area (Å²) in [5.41, 5.74) is 5.70. The lowest BCUT2D eigenvalue weighted by atomic mass is 10.5. The Morgan fingerprint density at radius 1 is 1.30 bits per heavy atom. The van der Waals surface area contributed by atoms with Gasteiger partial charge in [-0.1, -0.05) is 13.8 Å². The van der Waals surface area contributed by atoms with Gasteiger partial charge in [0.2, 0.25) is 0 Å². The first-order valence-corrected chi connectivity index (χ1v) is 8.64. The maximum Gasteiger partial charge on any atom is 0.252 e. The maximum absolute atomic E-state index is 12.3. The first-order chi connectivity index (χ1) is 9.32. The molecule has 2 N–H and O–H groups in total. The molecule has 6 nitrogen and oxygen atoms in total. The van der Waals surface area contributed by atoms with Gasteiger partial charge < -0.3 is 10.6 Å². The summed E-state index contributed by atoms with van der Waals surface area (Å²) in [5.74, 6) is 0.423. The van der Waals surface area contributed by atoms with Gasteiger partial charge in [-0.05, 0) is 12.1 Å². The second kappa shape index (κ2) is 7.05. The molecule has 0 bridgehead atoms. The second-order valence-electron chi connectivity index (χ2n) is 4.38. The fraction of sp³-hybridized carbons (Fsp3) is 0.583. The van der Waals surface area contributed by atoms with Gasteiger partial charge in [-0.15, -0.1) is 11.3 Å². The topological polar surface area (TPSA) is 79.0 Å². The number of hydrogen-bond donors (Lipinski definition) is 1. The smallest absolute Gasteiger partial charge is 0.252 e. The zero-order chi connectivity index (χ0) is 15.3. The van der Waals surface area contributed by atoms with E-state index in [4.69, 9.17) is 5.73 Å². The van der Waals surface area contributed by atoms with Crippen LogP contribution in [0.3, 0.4) is 0 Å². The van der Waals surface area contributed by atoms with Crippen LogP contribution < -0.4 is 5.73 Å². The lowest BCUT2D eigenvalue weighted by Gasteiger charge is -2.16. The first kappa shape index (κ1) is 16.9. The van der Waals surface area contributed by atoms with E-state index in [1.165, 1.54) is 15.6 Å². The number of aliphatic imine (C=N–C) groups is 1. The summed E-state index contributed by atoms with van der Waals surface area (Å²) in [4.78, 5) is 6.78. The Morgan fingerprint density at radius 2 is 1.90 bits per heavy atom. The predicted octanol–water partition coefficient (Wildman–Crippen LogP) is 1.15. The minimum absolute atomic E-state index is 0.356. The van der Waals surface area contributed by atoms with Crippen molar-refractivity contribution in [1.82, 2.24) is 9.21 Å². The summed E-state index contributed by atoms with van der Waals surface area (Å²) in [6.07, 6.45) is 0. The van der Waals surface area contributed by atoms with Gasteiger partial charge in [0.05, 0.1) is 6.54 Å². The largest absolute Gasteiger partial charge is 0.370 e. The highest BCUT2D eigenvalue weighted by Crippen LogP contribution is 2.25. The molecule has 114 valence electrons. The average molecular weight is 318 g/mol. The van der Waals surface area contributed by atoms with Crippen molar-refractivity contribution in [2.24, 2.45) is 10.7 Å². The first-order valence-electron chi connectivity index (χ1n) is 6.39. The van der Waals surface area contributed by atoms with Crippen molar-refractivity contribution in [2.75, 3.05) is 27.2 Å². The molecule has 1 aromatic rings. The van der Waals surface area contributed by atoms with Gasteiger partial charge in [-0.2, -0.15) is 4.31 Å². The Morgan fingerprint density at radius 3 is 2.40 bits per heavy atom. The molecule has 0 saturated heterocycles. The molecule has 0 aliphatic heterocycles. The molecular formula is C12H22N4O2S2. The molecule has 1 heterocycles. The quantitative estimate of drug-likeness (QED) is 0.630. The molecule has 20 heavy (non-hydrogen) atoms. The maximum atomic E-state index is 12.3. The molecule has 0 radical (unpaired) electrons. The van der Waals surface area contributed by atoms with Gasteiger partial charge in [0.25, 0.3) is 10.0 Å². The van der Waals surface area contributed by atoms with Crippen LogP contribution in [0.4, 0.5) is 0 Å². The van der Waals surface area contributed by atoms with E-state index in [1.807, 2.05) is 27.9 Å². The zero-order valence-corrected chi connectivity index (χ0v) is 14.0. The van der Waals surface area contributed by atoms with Crippen molar-refractivity contribution < 1.29 is 8.42 Å². The third-order valence-electron chi connectivity index (χ3n) is 2.79. The normalized spacial score (nSPS) is 12.9. The van der Waals surface area contributed by atoms with E-state index in [0.717, 1.165) is 4.88 Å². The van der Waals surface area contributed by atoms with Gasteiger partial charge in [0.15, 0.2) is 5.96 Å². The lowest BCUT2D eigenvalue weighted by molar-refractivity contribution is 0.447. The molecule has 8 heteroatoms. The van der Waals surface area contributed by atoms with E-state index >= 15 is 0 Å². The molecule has 0 saturated carbocycles. The van der Waals surface area contributed by atoms with Gasteiger partial charge >= 0.3 is 0 Å². The van der Waals surface area contributed by atoms with Crippen molar-refractivity contribution in [3.05, 3.63) is 17.0 Å². The van der Waals surface area contributed by atoms with Crippen molar-refractivity contribution in [3.8, 4) is 0 Å². The summed E-state index contributed by atoms with van der Waals surface area (Å²) in [6.45, 7) is 4.99. The number of hydrogen-bond acceptors (Lipinski definition) is 4. The molecule has 0 aromatic carbocycles. The van der Waals surface area contributed by atoms with Crippen molar-refractivity contribution in [2.45, 2.75) is 24.6 Å². The summed E-state index contributed by atoms with van der Waals surface area (Å²) in [7, 11) is 0.245. The molecular weight excluding hydrogens is 296 g/mol.